The van der Waals surface area contributed by atoms with E-state index in [0.717, 1.165) is 10.6 Å². The van der Waals surface area contributed by atoms with E-state index in [1.54, 1.807) is 20.8 Å². The molecule has 1 aromatic carbocycles. The molecule has 2 atom stereocenters. The Hall–Kier alpha value is -3.03. The van der Waals surface area contributed by atoms with Gasteiger partial charge in [-0.2, -0.15) is 0 Å². The first-order valence-corrected chi connectivity index (χ1v) is 11.4. The second kappa shape index (κ2) is 11.7. The number of nitrogens with one attached hydrogen (secondary N) is 1. The second-order valence-electron chi connectivity index (χ2n) is 9.79. The molecule has 0 saturated carbocycles. The molecule has 2 rings (SSSR count). The molecule has 1 N–H and O–H groups in total. The van der Waals surface area contributed by atoms with Crippen molar-refractivity contribution in [1.82, 2.24) is 15.3 Å². The molecule has 3 amide bonds. The van der Waals surface area contributed by atoms with Crippen LogP contribution in [0.25, 0.3) is 0 Å². The normalized spacial score (nSPS) is 16.5. The summed E-state index contributed by atoms with van der Waals surface area (Å²) in [5.74, 6) is -0.205. The molecular weight excluding hydrogens is 422 g/mol. The van der Waals surface area contributed by atoms with Crippen LogP contribution in [0.5, 0.6) is 0 Å². The Balaban J connectivity index is 2.07. The summed E-state index contributed by atoms with van der Waals surface area (Å²) >= 11 is 0. The lowest BCUT2D eigenvalue weighted by Crippen LogP contribution is -2.54. The number of ether oxygens (including phenoxy) is 2. The lowest BCUT2D eigenvalue weighted by atomic mass is 9.98. The van der Waals surface area contributed by atoms with Gasteiger partial charge in [0.1, 0.15) is 12.2 Å². The summed E-state index contributed by atoms with van der Waals surface area (Å²) in [7, 11) is 0. The highest BCUT2D eigenvalue weighted by molar-refractivity contribution is 5.81. The maximum absolute atomic E-state index is 12.8. The number of nitrogens with zero attached hydrogens (tertiary/aromatic N) is 2. The van der Waals surface area contributed by atoms with Crippen LogP contribution >= 0.6 is 0 Å². The van der Waals surface area contributed by atoms with E-state index in [-0.39, 0.29) is 25.0 Å². The molecule has 0 radical (unpaired) electrons. The summed E-state index contributed by atoms with van der Waals surface area (Å²) in [6.07, 6.45) is 3.19. The minimum Gasteiger partial charge on any atom is -0.445 e. The number of carbonyl (C=O) groups is 3. The zero-order valence-electron chi connectivity index (χ0n) is 20.5. The number of hydrogen-bond donors (Lipinski definition) is 1. The molecule has 0 spiro atoms. The monoisotopic (exact) mass is 459 g/mol. The highest BCUT2D eigenvalue weighted by atomic mass is 16.6. The van der Waals surface area contributed by atoms with Gasteiger partial charge in [-0.15, -0.1) is 0 Å². The number of hydrazine groups is 1. The predicted molar refractivity (Wildman–Crippen MR) is 126 cm³/mol. The molecule has 0 bridgehead atoms. The largest absolute Gasteiger partial charge is 0.445 e. The van der Waals surface area contributed by atoms with Crippen molar-refractivity contribution < 1.29 is 23.9 Å². The fourth-order valence-electron chi connectivity index (χ4n) is 3.47. The minimum atomic E-state index is -0.733. The van der Waals surface area contributed by atoms with Crippen LogP contribution in [-0.2, 0) is 20.9 Å². The zero-order valence-corrected chi connectivity index (χ0v) is 20.5. The van der Waals surface area contributed by atoms with E-state index in [1.807, 2.05) is 63.3 Å². The highest BCUT2D eigenvalue weighted by Crippen LogP contribution is 2.17. The van der Waals surface area contributed by atoms with Crippen LogP contribution in [0, 0.1) is 11.8 Å². The van der Waals surface area contributed by atoms with Crippen molar-refractivity contribution >= 4 is 18.1 Å². The van der Waals surface area contributed by atoms with Gasteiger partial charge in [-0.05, 0) is 38.7 Å². The quantitative estimate of drug-likeness (QED) is 0.479. The summed E-state index contributed by atoms with van der Waals surface area (Å²) in [6.45, 7) is 11.7. The molecular formula is C25H37N3O5. The first-order valence-electron chi connectivity index (χ1n) is 11.4. The first kappa shape index (κ1) is 26.2. The van der Waals surface area contributed by atoms with Gasteiger partial charge in [-0.1, -0.05) is 63.3 Å². The van der Waals surface area contributed by atoms with Gasteiger partial charge >= 0.3 is 12.2 Å². The van der Waals surface area contributed by atoms with Crippen molar-refractivity contribution in [3.05, 3.63) is 48.0 Å². The fraction of sp³-hybridized carbons (Fsp3) is 0.560. The van der Waals surface area contributed by atoms with Crippen LogP contribution in [0.4, 0.5) is 9.59 Å². The summed E-state index contributed by atoms with van der Waals surface area (Å²) in [6, 6.07) is 8.96. The molecule has 1 aliphatic rings. The summed E-state index contributed by atoms with van der Waals surface area (Å²) < 4.78 is 10.9. The topological polar surface area (TPSA) is 88.2 Å². The third-order valence-electron chi connectivity index (χ3n) is 5.00. The molecule has 0 saturated heterocycles. The van der Waals surface area contributed by atoms with E-state index in [1.165, 1.54) is 4.90 Å². The van der Waals surface area contributed by atoms with Crippen LogP contribution < -0.4 is 5.43 Å². The molecule has 1 aromatic rings. The molecule has 1 aliphatic heterocycles. The smallest absolute Gasteiger partial charge is 0.429 e. The Morgan fingerprint density at radius 2 is 1.82 bits per heavy atom. The Kier molecular flexibility index (Phi) is 9.32. The van der Waals surface area contributed by atoms with Gasteiger partial charge in [0.25, 0.3) is 0 Å². The van der Waals surface area contributed by atoms with Crippen LogP contribution in [0.15, 0.2) is 42.5 Å². The van der Waals surface area contributed by atoms with E-state index < -0.39 is 23.8 Å². The minimum absolute atomic E-state index is 0.0476. The van der Waals surface area contributed by atoms with Gasteiger partial charge in [0.2, 0.25) is 5.91 Å². The van der Waals surface area contributed by atoms with Gasteiger partial charge < -0.3 is 9.47 Å². The van der Waals surface area contributed by atoms with Gasteiger partial charge in [0.05, 0.1) is 12.6 Å². The maximum Gasteiger partial charge on any atom is 0.429 e. The molecule has 8 heteroatoms. The zero-order chi connectivity index (χ0) is 24.6. The molecule has 0 fully saturated rings. The lowest BCUT2D eigenvalue weighted by molar-refractivity contribution is -0.130. The lowest BCUT2D eigenvalue weighted by Gasteiger charge is -2.32. The van der Waals surface area contributed by atoms with Crippen molar-refractivity contribution in [1.29, 1.82) is 0 Å². The van der Waals surface area contributed by atoms with Gasteiger partial charge in [-0.25, -0.2) is 14.6 Å². The maximum atomic E-state index is 12.8. The number of benzene rings is 1. The Morgan fingerprint density at radius 1 is 1.15 bits per heavy atom. The van der Waals surface area contributed by atoms with Crippen LogP contribution in [0.2, 0.25) is 0 Å². The third-order valence-corrected chi connectivity index (χ3v) is 5.00. The predicted octanol–water partition coefficient (Wildman–Crippen LogP) is 4.51. The fourth-order valence-corrected chi connectivity index (χ4v) is 3.47. The van der Waals surface area contributed by atoms with Crippen LogP contribution in [0.1, 0.15) is 53.5 Å². The number of hydrogen-bond acceptors (Lipinski definition) is 5. The average Bonchev–Trinajstić information content (AvgIpc) is 3.18. The molecule has 33 heavy (non-hydrogen) atoms. The summed E-state index contributed by atoms with van der Waals surface area (Å²) in [5, 5.41) is 1.15. The highest BCUT2D eigenvalue weighted by Gasteiger charge is 2.32. The molecule has 182 valence electrons. The molecule has 0 aliphatic carbocycles. The molecule has 0 aromatic heterocycles. The molecule has 8 nitrogen and oxygen atoms in total. The summed E-state index contributed by atoms with van der Waals surface area (Å²) in [4.78, 5) is 39.8. The van der Waals surface area contributed by atoms with E-state index in [0.29, 0.717) is 18.9 Å². The van der Waals surface area contributed by atoms with Crippen molar-refractivity contribution in [3.8, 4) is 0 Å². The molecule has 1 heterocycles. The standard InChI is InChI=1S/C25H37N3O5/c1-18(2)15-19(3)22(29)26-28(24(31)33-25(4,5)6)16-21-13-10-14-27(21)23(30)32-17-20-11-8-7-9-12-20/h7-13,18-19,21H,14-17H2,1-6H3,(H,26,29)/t19-,21-/m0/s1. The second-order valence-corrected chi connectivity index (χ2v) is 9.79. The summed E-state index contributed by atoms with van der Waals surface area (Å²) in [5.41, 5.74) is 2.85. The van der Waals surface area contributed by atoms with Gasteiger partial charge in [0.15, 0.2) is 0 Å². The van der Waals surface area contributed by atoms with Crippen LogP contribution in [0.3, 0.4) is 0 Å². The van der Waals surface area contributed by atoms with Crippen LogP contribution in [-0.4, -0.2) is 52.7 Å². The van der Waals surface area contributed by atoms with Crippen molar-refractivity contribution in [3.63, 3.8) is 0 Å². The van der Waals surface area contributed by atoms with Crippen molar-refractivity contribution in [2.45, 2.75) is 66.2 Å². The third kappa shape index (κ3) is 8.79. The Bertz CT molecular complexity index is 832. The van der Waals surface area contributed by atoms with Crippen molar-refractivity contribution in [2.24, 2.45) is 11.8 Å². The SMILES string of the molecule is CC(C)C[C@H](C)C(=O)NN(C[C@@H]1C=CCN1C(=O)OCc1ccccc1)C(=O)OC(C)(C)C. The van der Waals surface area contributed by atoms with E-state index in [9.17, 15) is 14.4 Å². The average molecular weight is 460 g/mol. The Morgan fingerprint density at radius 3 is 2.42 bits per heavy atom. The van der Waals surface area contributed by atoms with E-state index in [4.69, 9.17) is 9.47 Å². The van der Waals surface area contributed by atoms with Gasteiger partial charge in [0, 0.05) is 12.5 Å². The van der Waals surface area contributed by atoms with Gasteiger partial charge in [-0.3, -0.25) is 15.1 Å². The number of rotatable bonds is 7. The van der Waals surface area contributed by atoms with E-state index in [2.05, 4.69) is 5.43 Å². The Labute approximate surface area is 196 Å². The van der Waals surface area contributed by atoms with Crippen molar-refractivity contribution in [2.75, 3.05) is 13.1 Å². The van der Waals surface area contributed by atoms with E-state index >= 15 is 0 Å². The first-order chi connectivity index (χ1) is 15.5. The number of amides is 3. The molecule has 0 unspecified atom stereocenters. The number of carbonyl (C=O) groups excluding carboxylic acids is 3.